The summed E-state index contributed by atoms with van der Waals surface area (Å²) in [7, 11) is -7.07. The SMILES string of the molecule is O=S(=O)([O-])C(F)(F)C(F)(F)C(F)(F)SOO[O-].[Li+].[Li+]. The minimum Gasteiger partial charge on any atom is -0.743 e. The van der Waals surface area contributed by atoms with E-state index in [4.69, 9.17) is 5.26 Å². The quantitative estimate of drug-likeness (QED) is 0.120. The molecule has 0 N–H and O–H groups in total. The Morgan fingerprint density at radius 3 is 1.63 bits per heavy atom. The van der Waals surface area contributed by atoms with Gasteiger partial charge in [-0.05, 0) is 0 Å². The molecule has 0 spiro atoms. The monoisotopic (exact) mass is 324 g/mol. The third kappa shape index (κ3) is 5.00. The van der Waals surface area contributed by atoms with Crippen molar-refractivity contribution in [1.29, 1.82) is 0 Å². The zero-order valence-corrected chi connectivity index (χ0v) is 10.7. The average molecular weight is 324 g/mol. The fourth-order valence-corrected chi connectivity index (χ4v) is 1.29. The van der Waals surface area contributed by atoms with Gasteiger partial charge in [-0.15, -0.1) is 0 Å². The second-order valence-corrected chi connectivity index (χ2v) is 4.52. The number of hydrogen-bond donors (Lipinski definition) is 0. The van der Waals surface area contributed by atoms with Crippen LogP contribution in [0.3, 0.4) is 0 Å². The van der Waals surface area contributed by atoms with E-state index < -0.39 is 38.6 Å². The van der Waals surface area contributed by atoms with Crippen LogP contribution >= 0.6 is 12.0 Å². The van der Waals surface area contributed by atoms with E-state index in [9.17, 15) is 39.3 Å². The fraction of sp³-hybridized carbons (Fsp3) is 1.00. The number of hydrogen-bond acceptors (Lipinski definition) is 7. The predicted octanol–water partition coefficient (Wildman–Crippen LogP) is -5.77. The van der Waals surface area contributed by atoms with Crippen LogP contribution in [0.5, 0.6) is 0 Å². The molecule has 0 saturated heterocycles. The van der Waals surface area contributed by atoms with Crippen molar-refractivity contribution < 1.29 is 91.7 Å². The van der Waals surface area contributed by atoms with Gasteiger partial charge in [0, 0.05) is 0 Å². The van der Waals surface area contributed by atoms with Crippen molar-refractivity contribution in [3.05, 3.63) is 0 Å². The summed E-state index contributed by atoms with van der Waals surface area (Å²) in [6.45, 7) is 0. The Hall–Kier alpha value is 0.915. The molecule has 0 aromatic heterocycles. The van der Waals surface area contributed by atoms with Crippen LogP contribution in [-0.2, 0) is 19.5 Å². The molecule has 16 heteroatoms. The second kappa shape index (κ2) is 7.79. The molecule has 0 saturated carbocycles. The maximum atomic E-state index is 12.5. The van der Waals surface area contributed by atoms with Crippen molar-refractivity contribution in [3.8, 4) is 0 Å². The predicted molar refractivity (Wildman–Crippen MR) is 34.3 cm³/mol. The largest absolute Gasteiger partial charge is 1.00 e. The molecular formula is C3F6Li2O6S2. The van der Waals surface area contributed by atoms with E-state index in [-0.39, 0.29) is 37.7 Å². The van der Waals surface area contributed by atoms with Crippen LogP contribution in [0, 0.1) is 0 Å². The van der Waals surface area contributed by atoms with Gasteiger partial charge in [-0.3, -0.25) is 5.04 Å². The first-order valence-electron chi connectivity index (χ1n) is 3.04. The molecule has 0 rings (SSSR count). The molecule has 0 unspecified atom stereocenters. The maximum absolute atomic E-state index is 12.5. The van der Waals surface area contributed by atoms with Crippen LogP contribution in [0.15, 0.2) is 0 Å². The van der Waals surface area contributed by atoms with Gasteiger partial charge in [0.25, 0.3) is 0 Å². The summed E-state index contributed by atoms with van der Waals surface area (Å²) in [5.74, 6) is -6.62. The Balaban J connectivity index is -0.00000128. The average Bonchev–Trinajstić information content (AvgIpc) is 2.12. The van der Waals surface area contributed by atoms with E-state index in [0.29, 0.717) is 0 Å². The fourth-order valence-electron chi connectivity index (χ4n) is 0.435. The zero-order chi connectivity index (χ0) is 14.1. The first-order chi connectivity index (χ1) is 7.31. The third-order valence-corrected chi connectivity index (χ3v) is 2.69. The molecule has 0 heterocycles. The summed E-state index contributed by atoms with van der Waals surface area (Å²) >= 11 is -1.87. The van der Waals surface area contributed by atoms with Crippen molar-refractivity contribution in [2.24, 2.45) is 0 Å². The van der Waals surface area contributed by atoms with Crippen LogP contribution in [-0.4, -0.2) is 29.4 Å². The number of rotatable bonds is 6. The van der Waals surface area contributed by atoms with Gasteiger partial charge in [0.15, 0.2) is 10.1 Å². The Kier molecular flexibility index (Phi) is 10.2. The summed E-state index contributed by atoms with van der Waals surface area (Å²) in [5.41, 5.74) is 0. The van der Waals surface area contributed by atoms with Crippen LogP contribution in [0.2, 0.25) is 0 Å². The summed E-state index contributed by atoms with van der Waals surface area (Å²) < 4.78 is 106. The topological polar surface area (TPSA) is 98.7 Å². The Morgan fingerprint density at radius 2 is 1.37 bits per heavy atom. The summed E-state index contributed by atoms with van der Waals surface area (Å²) in [6.07, 6.45) is 0. The standard InChI is InChI=1S/C3H2F6O6S2.2Li/c4-1(5,2(6,7)16-15-14-10)3(8,9)17(11,12)13;;/h10H,(H,11,12,13);;/q;2*+1/p-2. The molecule has 19 heavy (non-hydrogen) atoms. The summed E-state index contributed by atoms with van der Waals surface area (Å²) in [6, 6.07) is 0. The van der Waals surface area contributed by atoms with Gasteiger partial charge in [-0.2, -0.15) is 30.7 Å². The van der Waals surface area contributed by atoms with Crippen LogP contribution in [0.1, 0.15) is 0 Å². The van der Waals surface area contributed by atoms with Gasteiger partial charge in [0.05, 0.1) is 0 Å². The minimum atomic E-state index is -7.07. The molecule has 0 aromatic carbocycles. The third-order valence-electron chi connectivity index (χ3n) is 1.21. The molecule has 0 amide bonds. The number of halogens is 6. The van der Waals surface area contributed by atoms with Crippen molar-refractivity contribution in [1.82, 2.24) is 0 Å². The van der Waals surface area contributed by atoms with Crippen molar-refractivity contribution in [3.63, 3.8) is 0 Å². The Labute approximate surface area is 130 Å². The molecule has 0 fully saturated rings. The van der Waals surface area contributed by atoms with E-state index >= 15 is 0 Å². The van der Waals surface area contributed by atoms with Crippen LogP contribution < -0.4 is 43.0 Å². The number of alkyl halides is 6. The van der Waals surface area contributed by atoms with E-state index in [2.05, 4.69) is 9.37 Å². The van der Waals surface area contributed by atoms with E-state index in [1.54, 1.807) is 0 Å². The van der Waals surface area contributed by atoms with Gasteiger partial charge < -0.3 is 9.81 Å². The van der Waals surface area contributed by atoms with Gasteiger partial charge in [-0.1, -0.05) is 0 Å². The first kappa shape index (κ1) is 24.9. The van der Waals surface area contributed by atoms with E-state index in [1.807, 2.05) is 0 Å². The zero-order valence-electron chi connectivity index (χ0n) is 9.03. The summed E-state index contributed by atoms with van der Waals surface area (Å²) in [5, 5.41) is -1.25. The first-order valence-corrected chi connectivity index (χ1v) is 5.19. The minimum absolute atomic E-state index is 0. The smallest absolute Gasteiger partial charge is 0.743 e. The molecule has 104 valence electrons. The summed E-state index contributed by atoms with van der Waals surface area (Å²) in [4.78, 5) is 0. The molecule has 0 aliphatic carbocycles. The van der Waals surface area contributed by atoms with E-state index in [0.717, 1.165) is 0 Å². The van der Waals surface area contributed by atoms with Crippen molar-refractivity contribution in [2.75, 3.05) is 0 Å². The van der Waals surface area contributed by atoms with Gasteiger partial charge in [0.2, 0.25) is 0 Å². The molecule has 0 aliphatic heterocycles. The Morgan fingerprint density at radius 1 is 1.00 bits per heavy atom. The van der Waals surface area contributed by atoms with Crippen molar-refractivity contribution in [2.45, 2.75) is 16.4 Å². The molecule has 0 radical (unpaired) electrons. The van der Waals surface area contributed by atoms with Crippen molar-refractivity contribution >= 4 is 22.2 Å². The maximum Gasteiger partial charge on any atom is 1.00 e. The van der Waals surface area contributed by atoms with Gasteiger partial charge in [0.1, 0.15) is 12.0 Å². The Bertz CT molecular complexity index is 375. The molecule has 0 aliphatic rings. The van der Waals surface area contributed by atoms with Gasteiger partial charge in [-0.25, -0.2) is 8.42 Å². The molecule has 6 nitrogen and oxygen atoms in total. The molecule has 0 atom stereocenters. The van der Waals surface area contributed by atoms with Crippen LogP contribution in [0.4, 0.5) is 26.3 Å². The normalized spacial score (nSPS) is 13.5. The molecular weight excluding hydrogens is 324 g/mol. The van der Waals surface area contributed by atoms with Crippen LogP contribution in [0.25, 0.3) is 0 Å². The van der Waals surface area contributed by atoms with E-state index in [1.165, 1.54) is 0 Å². The molecule has 0 bridgehead atoms. The van der Waals surface area contributed by atoms with Gasteiger partial charge >= 0.3 is 54.2 Å². The molecule has 0 aromatic rings. The second-order valence-electron chi connectivity index (χ2n) is 2.28.